The molecule has 2 nitrogen and oxygen atoms in total. The van der Waals surface area contributed by atoms with Crippen LogP contribution in [0.25, 0.3) is 0 Å². The van der Waals surface area contributed by atoms with E-state index >= 15 is 0 Å². The van der Waals surface area contributed by atoms with E-state index in [4.69, 9.17) is 10.5 Å². The van der Waals surface area contributed by atoms with Crippen LogP contribution >= 0.6 is 0 Å². The first-order valence-corrected chi connectivity index (χ1v) is 4.79. The van der Waals surface area contributed by atoms with Crippen LogP contribution in [0, 0.1) is 0 Å². The lowest BCUT2D eigenvalue weighted by atomic mass is 9.91. The molecule has 2 heteroatoms. The third-order valence-electron chi connectivity index (χ3n) is 2.78. The largest absolute Gasteiger partial charge is 0.459 e. The third kappa shape index (κ3) is 0.909. The maximum absolute atomic E-state index is 5.87. The van der Waals surface area contributed by atoms with Crippen molar-refractivity contribution in [3.8, 4) is 5.75 Å². The Kier molecular flexibility index (Phi) is 1.45. The summed E-state index contributed by atoms with van der Waals surface area (Å²) in [5.74, 6) is 2.23. The van der Waals surface area contributed by atoms with Crippen LogP contribution in [0.3, 0.4) is 0 Å². The number of rotatable bonds is 0. The summed E-state index contributed by atoms with van der Waals surface area (Å²) in [5.41, 5.74) is 7.89. The number of para-hydroxylation sites is 1. The smallest absolute Gasteiger partial charge is 0.135 e. The summed E-state index contributed by atoms with van der Waals surface area (Å²) < 4.78 is 5.73. The third-order valence-corrected chi connectivity index (χ3v) is 2.78. The van der Waals surface area contributed by atoms with Gasteiger partial charge in [0.25, 0.3) is 0 Å². The fraction of sp³-hybridized carbons (Fsp3) is 0.167. The van der Waals surface area contributed by atoms with E-state index in [9.17, 15) is 0 Å². The Bertz CT molecular complexity index is 445. The van der Waals surface area contributed by atoms with E-state index in [0.29, 0.717) is 5.92 Å². The van der Waals surface area contributed by atoms with Crippen LogP contribution in [0.15, 0.2) is 47.9 Å². The molecule has 1 aliphatic carbocycles. The van der Waals surface area contributed by atoms with Gasteiger partial charge in [0.2, 0.25) is 0 Å². The molecular weight excluding hydrogens is 174 g/mol. The van der Waals surface area contributed by atoms with Gasteiger partial charge in [0, 0.05) is 5.56 Å². The van der Waals surface area contributed by atoms with E-state index in [0.717, 1.165) is 23.6 Å². The Balaban J connectivity index is 2.16. The molecule has 1 aromatic carbocycles. The van der Waals surface area contributed by atoms with Gasteiger partial charge in [-0.1, -0.05) is 24.3 Å². The Hall–Kier alpha value is -1.70. The maximum Gasteiger partial charge on any atom is 0.135 e. The van der Waals surface area contributed by atoms with Gasteiger partial charge in [0.05, 0.1) is 11.6 Å². The lowest BCUT2D eigenvalue weighted by molar-refractivity contribution is 0.418. The van der Waals surface area contributed by atoms with E-state index in [1.165, 1.54) is 5.56 Å². The number of ether oxygens (including phenoxy) is 1. The molecule has 14 heavy (non-hydrogen) atoms. The Labute approximate surface area is 82.7 Å². The fourth-order valence-corrected chi connectivity index (χ4v) is 2.10. The number of nitrogens with two attached hydrogens (primary N) is 1. The molecule has 1 atom stereocenters. The van der Waals surface area contributed by atoms with Crippen LogP contribution in [0.5, 0.6) is 5.75 Å². The predicted octanol–water partition coefficient (Wildman–Crippen LogP) is 2.29. The molecular formula is C12H11NO. The molecule has 0 saturated carbocycles. The standard InChI is InChI=1S/C12H11NO/c13-10-6-3-5-9-8-4-1-2-7-11(8)14-12(9)10/h1-4,6-7,9H,5,13H2. The second-order valence-electron chi connectivity index (χ2n) is 3.65. The highest BCUT2D eigenvalue weighted by atomic mass is 16.5. The monoisotopic (exact) mass is 185 g/mol. The van der Waals surface area contributed by atoms with E-state index < -0.39 is 0 Å². The van der Waals surface area contributed by atoms with Crippen LogP contribution in [0.2, 0.25) is 0 Å². The average molecular weight is 185 g/mol. The number of allylic oxidation sites excluding steroid dienone is 3. The van der Waals surface area contributed by atoms with Crippen LogP contribution in [0.1, 0.15) is 17.9 Å². The van der Waals surface area contributed by atoms with Crippen molar-refractivity contribution in [2.75, 3.05) is 0 Å². The number of fused-ring (bicyclic) bond motifs is 3. The van der Waals surface area contributed by atoms with Gasteiger partial charge in [-0.25, -0.2) is 0 Å². The molecule has 3 rings (SSSR count). The van der Waals surface area contributed by atoms with Crippen molar-refractivity contribution < 1.29 is 4.74 Å². The lowest BCUT2D eigenvalue weighted by Gasteiger charge is -2.14. The lowest BCUT2D eigenvalue weighted by Crippen LogP contribution is -2.10. The Morgan fingerprint density at radius 3 is 3.07 bits per heavy atom. The molecule has 0 saturated heterocycles. The topological polar surface area (TPSA) is 35.2 Å². The first kappa shape index (κ1) is 7.68. The minimum absolute atomic E-state index is 0.344. The molecule has 1 aromatic rings. The molecule has 1 unspecified atom stereocenters. The zero-order chi connectivity index (χ0) is 9.54. The normalized spacial score (nSPS) is 23.0. The van der Waals surface area contributed by atoms with Crippen molar-refractivity contribution in [3.05, 3.63) is 53.4 Å². The highest BCUT2D eigenvalue weighted by Crippen LogP contribution is 2.44. The first-order chi connectivity index (χ1) is 6.86. The van der Waals surface area contributed by atoms with Gasteiger partial charge in [-0.3, -0.25) is 0 Å². The summed E-state index contributed by atoms with van der Waals surface area (Å²) in [6, 6.07) is 8.13. The van der Waals surface area contributed by atoms with E-state index in [2.05, 4.69) is 12.1 Å². The molecule has 70 valence electrons. The summed E-state index contributed by atoms with van der Waals surface area (Å²) in [6.07, 6.45) is 5.03. The van der Waals surface area contributed by atoms with Crippen molar-refractivity contribution in [1.82, 2.24) is 0 Å². The molecule has 1 aliphatic heterocycles. The number of hydrogen-bond donors (Lipinski definition) is 1. The molecule has 0 amide bonds. The summed E-state index contributed by atoms with van der Waals surface area (Å²) in [4.78, 5) is 0. The highest BCUT2D eigenvalue weighted by molar-refractivity contribution is 5.50. The molecule has 0 spiro atoms. The SMILES string of the molecule is NC1=C2Oc3ccccc3C2CC=C1. The minimum atomic E-state index is 0.344. The quantitative estimate of drug-likeness (QED) is 0.673. The van der Waals surface area contributed by atoms with Gasteiger partial charge in [-0.2, -0.15) is 0 Å². The van der Waals surface area contributed by atoms with Gasteiger partial charge in [0.15, 0.2) is 0 Å². The van der Waals surface area contributed by atoms with Gasteiger partial charge < -0.3 is 10.5 Å². The molecule has 2 N–H and O–H groups in total. The number of hydrogen-bond acceptors (Lipinski definition) is 2. The van der Waals surface area contributed by atoms with Crippen LogP contribution < -0.4 is 10.5 Å². The second-order valence-corrected chi connectivity index (χ2v) is 3.65. The van der Waals surface area contributed by atoms with Crippen molar-refractivity contribution in [2.24, 2.45) is 5.73 Å². The van der Waals surface area contributed by atoms with Gasteiger partial charge >= 0.3 is 0 Å². The van der Waals surface area contributed by atoms with Gasteiger partial charge in [0.1, 0.15) is 11.5 Å². The predicted molar refractivity (Wildman–Crippen MR) is 54.8 cm³/mol. The molecule has 0 bridgehead atoms. The van der Waals surface area contributed by atoms with Crippen molar-refractivity contribution in [3.63, 3.8) is 0 Å². The molecule has 2 aliphatic rings. The van der Waals surface area contributed by atoms with Gasteiger partial charge in [-0.15, -0.1) is 0 Å². The summed E-state index contributed by atoms with van der Waals surface area (Å²) in [7, 11) is 0. The van der Waals surface area contributed by atoms with Crippen LogP contribution in [0.4, 0.5) is 0 Å². The summed E-state index contributed by atoms with van der Waals surface area (Å²) in [5, 5.41) is 0. The maximum atomic E-state index is 5.87. The zero-order valence-corrected chi connectivity index (χ0v) is 7.73. The molecule has 0 aromatic heterocycles. The van der Waals surface area contributed by atoms with Crippen molar-refractivity contribution in [2.45, 2.75) is 12.3 Å². The molecule has 0 fully saturated rings. The van der Waals surface area contributed by atoms with E-state index in [1.807, 2.05) is 24.3 Å². The Morgan fingerprint density at radius 1 is 1.29 bits per heavy atom. The molecule has 1 heterocycles. The highest BCUT2D eigenvalue weighted by Gasteiger charge is 2.31. The average Bonchev–Trinajstić information content (AvgIpc) is 2.59. The summed E-state index contributed by atoms with van der Waals surface area (Å²) in [6.45, 7) is 0. The molecule has 0 radical (unpaired) electrons. The van der Waals surface area contributed by atoms with Crippen LogP contribution in [-0.2, 0) is 0 Å². The van der Waals surface area contributed by atoms with E-state index in [-0.39, 0.29) is 0 Å². The van der Waals surface area contributed by atoms with Crippen LogP contribution in [-0.4, -0.2) is 0 Å². The van der Waals surface area contributed by atoms with Crippen molar-refractivity contribution >= 4 is 0 Å². The van der Waals surface area contributed by atoms with Crippen molar-refractivity contribution in [1.29, 1.82) is 0 Å². The fourth-order valence-electron chi connectivity index (χ4n) is 2.10. The zero-order valence-electron chi connectivity index (χ0n) is 7.73. The Morgan fingerprint density at radius 2 is 2.14 bits per heavy atom. The minimum Gasteiger partial charge on any atom is -0.459 e. The van der Waals surface area contributed by atoms with Gasteiger partial charge in [-0.05, 0) is 18.6 Å². The second kappa shape index (κ2) is 2.64. The number of benzene rings is 1. The van der Waals surface area contributed by atoms with E-state index in [1.54, 1.807) is 0 Å². The summed E-state index contributed by atoms with van der Waals surface area (Å²) >= 11 is 0. The first-order valence-electron chi connectivity index (χ1n) is 4.79.